The first-order valence-electron chi connectivity index (χ1n) is 7.84. The molecule has 23 heavy (non-hydrogen) atoms. The van der Waals surface area contributed by atoms with Crippen molar-refractivity contribution in [2.45, 2.75) is 24.0 Å². The summed E-state index contributed by atoms with van der Waals surface area (Å²) in [5, 5.41) is 11.1. The van der Waals surface area contributed by atoms with Gasteiger partial charge in [0.2, 0.25) is 5.91 Å². The molecule has 0 radical (unpaired) electrons. The lowest BCUT2D eigenvalue weighted by atomic mass is 10.2. The summed E-state index contributed by atoms with van der Waals surface area (Å²) in [4.78, 5) is 15.2. The van der Waals surface area contributed by atoms with Gasteiger partial charge in [-0.2, -0.15) is 0 Å². The van der Waals surface area contributed by atoms with Crippen LogP contribution in [-0.4, -0.2) is 58.1 Å². The molecule has 2 heterocycles. The molecule has 1 aliphatic heterocycles. The van der Waals surface area contributed by atoms with E-state index in [1.807, 2.05) is 26.1 Å². The molecule has 0 unspecified atom stereocenters. The Morgan fingerprint density at radius 3 is 2.96 bits per heavy atom. The van der Waals surface area contributed by atoms with E-state index in [0.717, 1.165) is 10.4 Å². The third-order valence-corrected chi connectivity index (χ3v) is 5.21. The summed E-state index contributed by atoms with van der Waals surface area (Å²) >= 11 is 1.55. The highest BCUT2D eigenvalue weighted by atomic mass is 32.2. The molecule has 1 amide bonds. The minimum Gasteiger partial charge on any atom is -0.388 e. The number of aliphatic hydroxyl groups excluding tert-OH is 1. The summed E-state index contributed by atoms with van der Waals surface area (Å²) in [5.74, 6) is 0.420. The third kappa shape index (κ3) is 3.39. The highest BCUT2D eigenvalue weighted by molar-refractivity contribution is 8.00. The molecule has 0 bridgehead atoms. The first-order chi connectivity index (χ1) is 11.1. The van der Waals surface area contributed by atoms with E-state index in [4.69, 9.17) is 4.74 Å². The molecule has 3 rings (SSSR count). The van der Waals surface area contributed by atoms with Crippen LogP contribution in [0.1, 0.15) is 6.92 Å². The zero-order chi connectivity index (χ0) is 16.4. The summed E-state index contributed by atoms with van der Waals surface area (Å²) in [6, 6.07) is 8.18. The van der Waals surface area contributed by atoms with Gasteiger partial charge in [0.15, 0.2) is 0 Å². The van der Waals surface area contributed by atoms with Gasteiger partial charge >= 0.3 is 0 Å². The van der Waals surface area contributed by atoms with Gasteiger partial charge in [0, 0.05) is 48.7 Å². The standard InChI is InChI=1S/C17H22N2O3S/c1-3-22-15-9-19(8-14(15)20)17(21)11-23-16-10-18(2)13-7-5-4-6-12(13)16/h4-7,10,14-15,20H,3,8-9,11H2,1-2H3/t14-,15-/m0/s1. The van der Waals surface area contributed by atoms with Gasteiger partial charge in [-0.25, -0.2) is 0 Å². The van der Waals surface area contributed by atoms with Gasteiger partial charge in [-0.3, -0.25) is 4.79 Å². The summed E-state index contributed by atoms with van der Waals surface area (Å²) < 4.78 is 7.54. The number of likely N-dealkylation sites (tertiary alicyclic amines) is 1. The minimum atomic E-state index is -0.582. The van der Waals surface area contributed by atoms with E-state index in [2.05, 4.69) is 22.9 Å². The predicted octanol–water partition coefficient (Wildman–Crippen LogP) is 1.88. The summed E-state index contributed by atoms with van der Waals surface area (Å²) in [7, 11) is 2.01. The van der Waals surface area contributed by atoms with Crippen LogP contribution in [0, 0.1) is 0 Å². The van der Waals surface area contributed by atoms with Gasteiger partial charge in [0.25, 0.3) is 0 Å². The molecule has 0 spiro atoms. The highest BCUT2D eigenvalue weighted by Gasteiger charge is 2.34. The van der Waals surface area contributed by atoms with Crippen LogP contribution in [0.25, 0.3) is 10.9 Å². The number of ether oxygens (including phenoxy) is 1. The molecular formula is C17H22N2O3S. The van der Waals surface area contributed by atoms with Crippen LogP contribution < -0.4 is 0 Å². The lowest BCUT2D eigenvalue weighted by Gasteiger charge is -2.15. The number of thioether (sulfide) groups is 1. The molecule has 6 heteroatoms. The summed E-state index contributed by atoms with van der Waals surface area (Å²) in [5.41, 5.74) is 1.16. The molecule has 0 aliphatic carbocycles. The largest absolute Gasteiger partial charge is 0.388 e. The van der Waals surface area contributed by atoms with Crippen LogP contribution in [0.2, 0.25) is 0 Å². The Bertz CT molecular complexity index is 700. The number of aryl methyl sites for hydroxylation is 1. The molecule has 2 atom stereocenters. The van der Waals surface area contributed by atoms with Crippen molar-refractivity contribution in [3.05, 3.63) is 30.5 Å². The molecule has 2 aromatic rings. The molecule has 5 nitrogen and oxygen atoms in total. The second-order valence-corrected chi connectivity index (χ2v) is 6.79. The van der Waals surface area contributed by atoms with E-state index in [0.29, 0.717) is 25.4 Å². The Labute approximate surface area is 140 Å². The Balaban J connectivity index is 1.63. The Kier molecular flexibility index (Phi) is 4.94. The number of rotatable bonds is 5. The van der Waals surface area contributed by atoms with Crippen LogP contribution in [0.4, 0.5) is 0 Å². The van der Waals surface area contributed by atoms with Gasteiger partial charge in [-0.15, -0.1) is 11.8 Å². The fourth-order valence-electron chi connectivity index (χ4n) is 2.99. The molecule has 1 aliphatic rings. The first-order valence-corrected chi connectivity index (χ1v) is 8.83. The Hall–Kier alpha value is -1.50. The predicted molar refractivity (Wildman–Crippen MR) is 91.6 cm³/mol. The molecule has 0 saturated carbocycles. The number of hydrogen-bond acceptors (Lipinski definition) is 4. The molecular weight excluding hydrogens is 312 g/mol. The van der Waals surface area contributed by atoms with Crippen LogP contribution >= 0.6 is 11.8 Å². The van der Waals surface area contributed by atoms with E-state index >= 15 is 0 Å². The normalized spacial score (nSPS) is 21.3. The van der Waals surface area contributed by atoms with Gasteiger partial charge < -0.3 is 19.3 Å². The number of benzene rings is 1. The molecule has 1 fully saturated rings. The quantitative estimate of drug-likeness (QED) is 0.848. The number of carbonyl (C=O) groups excluding carboxylic acids is 1. The van der Waals surface area contributed by atoms with Crippen molar-refractivity contribution in [1.82, 2.24) is 9.47 Å². The third-order valence-electron chi connectivity index (χ3n) is 4.18. The van der Waals surface area contributed by atoms with Crippen molar-refractivity contribution in [3.63, 3.8) is 0 Å². The topological polar surface area (TPSA) is 54.7 Å². The van der Waals surface area contributed by atoms with Crippen LogP contribution in [0.3, 0.4) is 0 Å². The molecule has 1 N–H and O–H groups in total. The maximum Gasteiger partial charge on any atom is 0.233 e. The van der Waals surface area contributed by atoms with Crippen LogP contribution in [-0.2, 0) is 16.6 Å². The number of β-amino-alcohol motifs (C(OH)–C–C–N with tert-alkyl or cyclic N) is 1. The average Bonchev–Trinajstić information content (AvgIpc) is 3.07. The van der Waals surface area contributed by atoms with E-state index in [1.54, 1.807) is 16.7 Å². The fourth-order valence-corrected chi connectivity index (χ4v) is 4.01. The van der Waals surface area contributed by atoms with Crippen molar-refractivity contribution in [2.24, 2.45) is 7.05 Å². The molecule has 1 saturated heterocycles. The number of para-hydroxylation sites is 1. The van der Waals surface area contributed by atoms with Crippen LogP contribution in [0.5, 0.6) is 0 Å². The zero-order valence-corrected chi connectivity index (χ0v) is 14.3. The number of amides is 1. The van der Waals surface area contributed by atoms with Crippen LogP contribution in [0.15, 0.2) is 35.4 Å². The average molecular weight is 334 g/mol. The lowest BCUT2D eigenvalue weighted by molar-refractivity contribution is -0.127. The van der Waals surface area contributed by atoms with Gasteiger partial charge in [-0.1, -0.05) is 18.2 Å². The highest BCUT2D eigenvalue weighted by Crippen LogP contribution is 2.29. The Morgan fingerprint density at radius 1 is 1.39 bits per heavy atom. The van der Waals surface area contributed by atoms with Gasteiger partial charge in [0.05, 0.1) is 11.9 Å². The van der Waals surface area contributed by atoms with E-state index in [9.17, 15) is 9.90 Å². The maximum absolute atomic E-state index is 12.4. The van der Waals surface area contributed by atoms with Gasteiger partial charge in [0.1, 0.15) is 6.10 Å². The molecule has 1 aromatic heterocycles. The number of aliphatic hydroxyl groups is 1. The monoisotopic (exact) mass is 334 g/mol. The van der Waals surface area contributed by atoms with E-state index in [-0.39, 0.29) is 12.0 Å². The molecule has 124 valence electrons. The number of fused-ring (bicyclic) bond motifs is 1. The van der Waals surface area contributed by atoms with Crippen molar-refractivity contribution in [3.8, 4) is 0 Å². The van der Waals surface area contributed by atoms with E-state index in [1.165, 1.54) is 5.39 Å². The number of aromatic nitrogens is 1. The summed E-state index contributed by atoms with van der Waals surface area (Å²) in [6.07, 6.45) is 1.22. The van der Waals surface area contributed by atoms with E-state index < -0.39 is 6.10 Å². The Morgan fingerprint density at radius 2 is 2.17 bits per heavy atom. The maximum atomic E-state index is 12.4. The van der Waals surface area contributed by atoms with Crippen molar-refractivity contribution >= 4 is 28.6 Å². The number of carbonyl (C=O) groups is 1. The second kappa shape index (κ2) is 6.95. The molecule has 1 aromatic carbocycles. The summed E-state index contributed by atoms with van der Waals surface area (Å²) in [6.45, 7) is 3.28. The second-order valence-electron chi connectivity index (χ2n) is 5.77. The minimum absolute atomic E-state index is 0.0455. The van der Waals surface area contributed by atoms with Crippen molar-refractivity contribution < 1.29 is 14.6 Å². The SMILES string of the molecule is CCO[C@H]1CN(C(=O)CSc2cn(C)c3ccccc23)C[C@@H]1O. The number of hydrogen-bond donors (Lipinski definition) is 1. The lowest BCUT2D eigenvalue weighted by Crippen LogP contribution is -2.31. The van der Waals surface area contributed by atoms with Gasteiger partial charge in [-0.05, 0) is 13.0 Å². The number of nitrogens with zero attached hydrogens (tertiary/aromatic N) is 2. The first kappa shape index (κ1) is 16.4. The van der Waals surface area contributed by atoms with Crippen molar-refractivity contribution in [2.75, 3.05) is 25.4 Å². The van der Waals surface area contributed by atoms with Crippen molar-refractivity contribution in [1.29, 1.82) is 0 Å². The smallest absolute Gasteiger partial charge is 0.233 e. The zero-order valence-electron chi connectivity index (χ0n) is 13.4. The fraction of sp³-hybridized carbons (Fsp3) is 0.471.